The van der Waals surface area contributed by atoms with Crippen LogP contribution in [0.3, 0.4) is 0 Å². The van der Waals surface area contributed by atoms with E-state index in [0.29, 0.717) is 5.96 Å². The van der Waals surface area contributed by atoms with Gasteiger partial charge in [-0.3, -0.25) is 4.99 Å². The van der Waals surface area contributed by atoms with Crippen LogP contribution in [0, 0.1) is 0 Å². The molecule has 3 rings (SSSR count). The van der Waals surface area contributed by atoms with E-state index in [1.165, 1.54) is 32.1 Å². The lowest BCUT2D eigenvalue weighted by atomic mass is 9.80. The summed E-state index contributed by atoms with van der Waals surface area (Å²) in [6.07, 6.45) is 6.31. The third-order valence-electron chi connectivity index (χ3n) is 4.09. The van der Waals surface area contributed by atoms with Crippen molar-refractivity contribution in [1.29, 1.82) is 0 Å². The molecule has 3 nitrogen and oxygen atoms in total. The van der Waals surface area contributed by atoms with E-state index in [-0.39, 0.29) is 5.54 Å². The van der Waals surface area contributed by atoms with Crippen LogP contribution in [0.1, 0.15) is 32.1 Å². The SMILES string of the molecule is NC1=NCC2(CCCCC2)N1c1cccc(Br)c1. The van der Waals surface area contributed by atoms with Crippen molar-refractivity contribution in [2.24, 2.45) is 10.7 Å². The summed E-state index contributed by atoms with van der Waals surface area (Å²) in [7, 11) is 0. The van der Waals surface area contributed by atoms with E-state index in [0.717, 1.165) is 16.7 Å². The predicted molar refractivity (Wildman–Crippen MR) is 78.9 cm³/mol. The highest BCUT2D eigenvalue weighted by Crippen LogP contribution is 2.40. The van der Waals surface area contributed by atoms with E-state index in [4.69, 9.17) is 5.73 Å². The Morgan fingerprint density at radius 1 is 1.22 bits per heavy atom. The fraction of sp³-hybridized carbons (Fsp3) is 0.500. The van der Waals surface area contributed by atoms with Crippen molar-refractivity contribution >= 4 is 27.6 Å². The molecular weight excluding hydrogens is 290 g/mol. The van der Waals surface area contributed by atoms with Gasteiger partial charge < -0.3 is 10.6 Å². The summed E-state index contributed by atoms with van der Waals surface area (Å²) >= 11 is 3.53. The molecule has 1 saturated carbocycles. The van der Waals surface area contributed by atoms with E-state index >= 15 is 0 Å². The average Bonchev–Trinajstić information content (AvgIpc) is 2.67. The molecule has 1 spiro atoms. The highest BCUT2D eigenvalue weighted by molar-refractivity contribution is 9.10. The number of halogens is 1. The normalized spacial score (nSPS) is 22.3. The van der Waals surface area contributed by atoms with E-state index < -0.39 is 0 Å². The Hall–Kier alpha value is -1.03. The van der Waals surface area contributed by atoms with Crippen molar-refractivity contribution < 1.29 is 0 Å². The fourth-order valence-electron chi connectivity index (χ4n) is 3.23. The molecule has 4 heteroatoms. The van der Waals surface area contributed by atoms with Crippen LogP contribution in [0.25, 0.3) is 0 Å². The first kappa shape index (κ1) is 12.0. The Labute approximate surface area is 116 Å². The van der Waals surface area contributed by atoms with Crippen LogP contribution < -0.4 is 10.6 Å². The lowest BCUT2D eigenvalue weighted by molar-refractivity contribution is 0.317. The Kier molecular flexibility index (Phi) is 3.06. The van der Waals surface area contributed by atoms with Crippen molar-refractivity contribution in [1.82, 2.24) is 0 Å². The number of aliphatic imine (C=N–C) groups is 1. The maximum atomic E-state index is 6.13. The standard InChI is InChI=1S/C14H18BrN3/c15-11-5-4-6-12(9-11)18-13(16)17-10-14(18)7-2-1-3-8-14/h4-6,9H,1-3,7-8,10H2,(H2,16,17). The molecule has 0 atom stereocenters. The van der Waals surface area contributed by atoms with Gasteiger partial charge in [-0.25, -0.2) is 0 Å². The number of nitrogens with zero attached hydrogens (tertiary/aromatic N) is 2. The monoisotopic (exact) mass is 307 g/mol. The molecule has 0 bridgehead atoms. The second-order valence-corrected chi connectivity index (χ2v) is 6.19. The van der Waals surface area contributed by atoms with Crippen LogP contribution in [0.5, 0.6) is 0 Å². The van der Waals surface area contributed by atoms with Crippen LogP contribution in [-0.2, 0) is 0 Å². The van der Waals surface area contributed by atoms with Crippen molar-refractivity contribution in [2.45, 2.75) is 37.6 Å². The Morgan fingerprint density at radius 3 is 2.72 bits per heavy atom. The molecule has 96 valence electrons. The van der Waals surface area contributed by atoms with Gasteiger partial charge >= 0.3 is 0 Å². The Balaban J connectivity index is 1.98. The molecular formula is C14H18BrN3. The van der Waals surface area contributed by atoms with Gasteiger partial charge in [0.1, 0.15) is 0 Å². The minimum absolute atomic E-state index is 0.142. The van der Waals surface area contributed by atoms with Crippen LogP contribution in [-0.4, -0.2) is 18.0 Å². The quantitative estimate of drug-likeness (QED) is 0.865. The van der Waals surface area contributed by atoms with Crippen molar-refractivity contribution in [2.75, 3.05) is 11.4 Å². The first-order valence-corrected chi connectivity index (χ1v) is 7.36. The molecule has 2 N–H and O–H groups in total. The van der Waals surface area contributed by atoms with Gasteiger partial charge in [0.25, 0.3) is 0 Å². The van der Waals surface area contributed by atoms with Crippen molar-refractivity contribution in [3.05, 3.63) is 28.7 Å². The zero-order valence-electron chi connectivity index (χ0n) is 10.4. The number of hydrogen-bond donors (Lipinski definition) is 1. The number of guanidine groups is 1. The molecule has 1 aliphatic heterocycles. The lowest BCUT2D eigenvalue weighted by Crippen LogP contribution is -2.53. The second-order valence-electron chi connectivity index (χ2n) is 5.27. The molecule has 0 amide bonds. The highest BCUT2D eigenvalue weighted by atomic mass is 79.9. The fourth-order valence-corrected chi connectivity index (χ4v) is 3.61. The maximum Gasteiger partial charge on any atom is 0.196 e. The number of anilines is 1. The Morgan fingerprint density at radius 2 is 2.00 bits per heavy atom. The molecule has 1 aromatic rings. The summed E-state index contributed by atoms with van der Waals surface area (Å²) < 4.78 is 1.09. The molecule has 18 heavy (non-hydrogen) atoms. The van der Waals surface area contributed by atoms with Crippen LogP contribution >= 0.6 is 15.9 Å². The average molecular weight is 308 g/mol. The van der Waals surface area contributed by atoms with Gasteiger partial charge in [0.05, 0.1) is 12.1 Å². The summed E-state index contributed by atoms with van der Waals surface area (Å²) in [5, 5.41) is 0. The number of rotatable bonds is 1. The second kappa shape index (κ2) is 4.57. The minimum Gasteiger partial charge on any atom is -0.369 e. The van der Waals surface area contributed by atoms with E-state index in [9.17, 15) is 0 Å². The van der Waals surface area contributed by atoms with Gasteiger partial charge in [-0.2, -0.15) is 0 Å². The molecule has 1 fully saturated rings. The largest absolute Gasteiger partial charge is 0.369 e. The first-order valence-electron chi connectivity index (χ1n) is 6.57. The van der Waals surface area contributed by atoms with Gasteiger partial charge in [0.15, 0.2) is 5.96 Å². The molecule has 0 unspecified atom stereocenters. The highest BCUT2D eigenvalue weighted by Gasteiger charge is 2.43. The van der Waals surface area contributed by atoms with Gasteiger partial charge in [-0.05, 0) is 31.0 Å². The molecule has 2 aliphatic rings. The molecule has 1 aromatic carbocycles. The number of benzene rings is 1. The van der Waals surface area contributed by atoms with Crippen LogP contribution in [0.4, 0.5) is 5.69 Å². The van der Waals surface area contributed by atoms with E-state index in [1.54, 1.807) is 0 Å². The van der Waals surface area contributed by atoms with Gasteiger partial charge in [-0.1, -0.05) is 41.3 Å². The van der Waals surface area contributed by atoms with E-state index in [2.05, 4.69) is 44.0 Å². The molecule has 0 saturated heterocycles. The topological polar surface area (TPSA) is 41.6 Å². The third kappa shape index (κ3) is 1.92. The van der Waals surface area contributed by atoms with Crippen molar-refractivity contribution in [3.63, 3.8) is 0 Å². The summed E-state index contributed by atoms with van der Waals surface area (Å²) in [4.78, 5) is 6.77. The summed E-state index contributed by atoms with van der Waals surface area (Å²) in [5.41, 5.74) is 7.43. The zero-order valence-corrected chi connectivity index (χ0v) is 12.0. The van der Waals surface area contributed by atoms with Crippen LogP contribution in [0.15, 0.2) is 33.7 Å². The Bertz CT molecular complexity index is 478. The molecule has 1 aliphatic carbocycles. The number of hydrogen-bond acceptors (Lipinski definition) is 3. The molecule has 0 radical (unpaired) electrons. The van der Waals surface area contributed by atoms with Gasteiger partial charge in [-0.15, -0.1) is 0 Å². The predicted octanol–water partition coefficient (Wildman–Crippen LogP) is 3.29. The maximum absolute atomic E-state index is 6.13. The van der Waals surface area contributed by atoms with Gasteiger partial charge in [0.2, 0.25) is 0 Å². The van der Waals surface area contributed by atoms with Gasteiger partial charge in [0, 0.05) is 10.2 Å². The zero-order chi connectivity index (χ0) is 12.6. The minimum atomic E-state index is 0.142. The summed E-state index contributed by atoms with van der Waals surface area (Å²) in [6.45, 7) is 0.853. The molecule has 1 heterocycles. The lowest BCUT2D eigenvalue weighted by Gasteiger charge is -2.42. The smallest absolute Gasteiger partial charge is 0.196 e. The summed E-state index contributed by atoms with van der Waals surface area (Å²) in [5.74, 6) is 0.676. The first-order chi connectivity index (χ1) is 8.71. The van der Waals surface area contributed by atoms with E-state index in [1.807, 2.05) is 6.07 Å². The summed E-state index contributed by atoms with van der Waals surface area (Å²) in [6, 6.07) is 8.35. The van der Waals surface area contributed by atoms with Crippen LogP contribution in [0.2, 0.25) is 0 Å². The molecule has 0 aromatic heterocycles. The number of nitrogens with two attached hydrogens (primary N) is 1. The van der Waals surface area contributed by atoms with Crippen molar-refractivity contribution in [3.8, 4) is 0 Å². The third-order valence-corrected chi connectivity index (χ3v) is 4.58.